The molecule has 1 aliphatic rings. The van der Waals surface area contributed by atoms with Gasteiger partial charge in [0.1, 0.15) is 0 Å². The maximum absolute atomic E-state index is 12.5. The van der Waals surface area contributed by atoms with Crippen LogP contribution in [0.1, 0.15) is 42.1 Å². The van der Waals surface area contributed by atoms with Gasteiger partial charge in [-0.3, -0.25) is 14.5 Å². The molecule has 102 valence electrons. The molecule has 1 atom stereocenters. The van der Waals surface area contributed by atoms with Gasteiger partial charge in [0.05, 0.1) is 5.56 Å². The van der Waals surface area contributed by atoms with Gasteiger partial charge in [0.15, 0.2) is 0 Å². The van der Waals surface area contributed by atoms with Crippen molar-refractivity contribution in [3.05, 3.63) is 33.8 Å². The molecule has 0 aromatic heterocycles. The average Bonchev–Trinajstić information content (AvgIpc) is 2.73. The zero-order valence-electron chi connectivity index (χ0n) is 11.3. The van der Waals surface area contributed by atoms with Crippen LogP contribution in [-0.2, 0) is 4.79 Å². The minimum absolute atomic E-state index is 0.0446. The maximum atomic E-state index is 12.5. The van der Waals surface area contributed by atoms with Crippen molar-refractivity contribution in [2.24, 2.45) is 5.92 Å². The molecular weight excluding hydrogens is 306 g/mol. The van der Waals surface area contributed by atoms with Gasteiger partial charge in [0.2, 0.25) is 5.91 Å². The van der Waals surface area contributed by atoms with E-state index in [2.05, 4.69) is 22.9 Å². The van der Waals surface area contributed by atoms with Gasteiger partial charge in [-0.15, -0.1) is 0 Å². The van der Waals surface area contributed by atoms with E-state index in [4.69, 9.17) is 0 Å². The Bertz CT molecular complexity index is 513. The Kier molecular flexibility index (Phi) is 4.40. The van der Waals surface area contributed by atoms with Gasteiger partial charge in [-0.1, -0.05) is 25.5 Å². The maximum Gasteiger partial charge on any atom is 0.261 e. The molecule has 4 heteroatoms. The molecule has 0 saturated carbocycles. The fourth-order valence-corrected chi connectivity index (χ4v) is 2.97. The van der Waals surface area contributed by atoms with Crippen molar-refractivity contribution >= 4 is 27.7 Å². The lowest BCUT2D eigenvalue weighted by atomic mass is 10.0. The number of aryl methyl sites for hydroxylation is 1. The highest BCUT2D eigenvalue weighted by Gasteiger charge is 2.34. The zero-order valence-corrected chi connectivity index (χ0v) is 12.9. The van der Waals surface area contributed by atoms with E-state index >= 15 is 0 Å². The summed E-state index contributed by atoms with van der Waals surface area (Å²) in [6.07, 6.45) is 2.56. The quantitative estimate of drug-likeness (QED) is 0.798. The average molecular weight is 324 g/mol. The third-order valence-electron chi connectivity index (χ3n) is 3.57. The lowest BCUT2D eigenvalue weighted by molar-refractivity contribution is -0.125. The summed E-state index contributed by atoms with van der Waals surface area (Å²) in [7, 11) is 0. The molecule has 19 heavy (non-hydrogen) atoms. The van der Waals surface area contributed by atoms with Crippen LogP contribution in [0, 0.1) is 12.8 Å². The minimum atomic E-state index is -0.181. The first-order chi connectivity index (χ1) is 9.04. The van der Waals surface area contributed by atoms with Crippen molar-refractivity contribution in [3.8, 4) is 0 Å². The first-order valence-electron chi connectivity index (χ1n) is 6.64. The number of hydrogen-bond donors (Lipinski definition) is 0. The molecule has 1 aromatic carbocycles. The molecule has 0 bridgehead atoms. The van der Waals surface area contributed by atoms with Crippen LogP contribution in [0.15, 0.2) is 22.7 Å². The van der Waals surface area contributed by atoms with E-state index in [-0.39, 0.29) is 11.8 Å². The molecule has 3 nitrogen and oxygen atoms in total. The van der Waals surface area contributed by atoms with Crippen LogP contribution < -0.4 is 0 Å². The second kappa shape index (κ2) is 5.87. The minimum Gasteiger partial charge on any atom is -0.278 e. The van der Waals surface area contributed by atoms with Gasteiger partial charge in [-0.05, 0) is 46.8 Å². The van der Waals surface area contributed by atoms with E-state index in [1.807, 2.05) is 19.1 Å². The van der Waals surface area contributed by atoms with Crippen molar-refractivity contribution in [1.29, 1.82) is 0 Å². The number of imide groups is 1. The summed E-state index contributed by atoms with van der Waals surface area (Å²) in [5.74, 6) is 0.0982. The fourth-order valence-electron chi connectivity index (χ4n) is 2.54. The van der Waals surface area contributed by atoms with Gasteiger partial charge in [-0.25, -0.2) is 0 Å². The lowest BCUT2D eigenvalue weighted by Crippen LogP contribution is -2.32. The van der Waals surface area contributed by atoms with Crippen molar-refractivity contribution < 1.29 is 9.59 Å². The first-order valence-corrected chi connectivity index (χ1v) is 7.43. The second-order valence-corrected chi connectivity index (χ2v) is 5.90. The van der Waals surface area contributed by atoms with Crippen LogP contribution in [0.2, 0.25) is 0 Å². The lowest BCUT2D eigenvalue weighted by Gasteiger charge is -2.16. The highest BCUT2D eigenvalue weighted by atomic mass is 79.9. The summed E-state index contributed by atoms with van der Waals surface area (Å²) in [5, 5.41) is 0. The van der Waals surface area contributed by atoms with Crippen LogP contribution in [-0.4, -0.2) is 23.3 Å². The standard InChI is InChI=1S/C15H18BrNO2/c1-3-5-11-8-13(18)17(9-11)15(19)12-7-4-6-10(2)14(12)16/h4,6-7,11H,3,5,8-9H2,1-2H3. The van der Waals surface area contributed by atoms with E-state index in [1.54, 1.807) is 6.07 Å². The molecule has 1 heterocycles. The topological polar surface area (TPSA) is 37.4 Å². The number of rotatable bonds is 3. The highest BCUT2D eigenvalue weighted by Crippen LogP contribution is 2.27. The molecule has 1 saturated heterocycles. The third kappa shape index (κ3) is 2.89. The molecule has 2 rings (SSSR count). The van der Waals surface area contributed by atoms with E-state index in [0.29, 0.717) is 24.4 Å². The molecule has 0 aliphatic carbocycles. The number of likely N-dealkylation sites (tertiary alicyclic amines) is 1. The molecule has 1 unspecified atom stereocenters. The molecule has 2 amide bonds. The third-order valence-corrected chi connectivity index (χ3v) is 4.62. The largest absolute Gasteiger partial charge is 0.278 e. The highest BCUT2D eigenvalue weighted by molar-refractivity contribution is 9.10. The summed E-state index contributed by atoms with van der Waals surface area (Å²) < 4.78 is 0.784. The van der Waals surface area contributed by atoms with E-state index in [0.717, 1.165) is 22.9 Å². The molecule has 1 fully saturated rings. The Morgan fingerprint density at radius 3 is 2.89 bits per heavy atom. The number of hydrogen-bond acceptors (Lipinski definition) is 2. The summed E-state index contributed by atoms with van der Waals surface area (Å²) in [6.45, 7) is 4.60. The Morgan fingerprint density at radius 2 is 2.21 bits per heavy atom. The summed E-state index contributed by atoms with van der Waals surface area (Å²) in [5.41, 5.74) is 1.58. The number of carbonyl (C=O) groups excluding carboxylic acids is 2. The second-order valence-electron chi connectivity index (χ2n) is 5.10. The van der Waals surface area contributed by atoms with Crippen LogP contribution in [0.25, 0.3) is 0 Å². The summed E-state index contributed by atoms with van der Waals surface area (Å²) >= 11 is 3.43. The molecule has 1 aliphatic heterocycles. The van der Waals surface area contributed by atoms with Crippen molar-refractivity contribution in [2.45, 2.75) is 33.1 Å². The number of benzene rings is 1. The van der Waals surface area contributed by atoms with E-state index < -0.39 is 0 Å². The number of nitrogens with zero attached hydrogens (tertiary/aromatic N) is 1. The van der Waals surface area contributed by atoms with Gasteiger partial charge >= 0.3 is 0 Å². The Hall–Kier alpha value is -1.16. The molecular formula is C15H18BrNO2. The number of halogens is 1. The van der Waals surface area contributed by atoms with E-state index in [1.165, 1.54) is 4.90 Å². The Balaban J connectivity index is 2.20. The van der Waals surface area contributed by atoms with E-state index in [9.17, 15) is 9.59 Å². The Morgan fingerprint density at radius 1 is 1.47 bits per heavy atom. The first kappa shape index (κ1) is 14.3. The van der Waals surface area contributed by atoms with Crippen molar-refractivity contribution in [3.63, 3.8) is 0 Å². The van der Waals surface area contributed by atoms with Gasteiger partial charge in [0, 0.05) is 17.4 Å². The van der Waals surface area contributed by atoms with Crippen molar-refractivity contribution in [2.75, 3.05) is 6.54 Å². The van der Waals surface area contributed by atoms with Gasteiger partial charge in [-0.2, -0.15) is 0 Å². The van der Waals surface area contributed by atoms with Crippen LogP contribution in [0.3, 0.4) is 0 Å². The molecule has 0 radical (unpaired) electrons. The van der Waals surface area contributed by atoms with Crippen LogP contribution >= 0.6 is 15.9 Å². The molecule has 0 N–H and O–H groups in total. The molecule has 1 aromatic rings. The number of carbonyl (C=O) groups is 2. The van der Waals surface area contributed by atoms with Crippen LogP contribution in [0.5, 0.6) is 0 Å². The summed E-state index contributed by atoms with van der Waals surface area (Å²) in [6, 6.07) is 5.55. The number of amides is 2. The normalized spacial score (nSPS) is 19.0. The van der Waals surface area contributed by atoms with Crippen molar-refractivity contribution in [1.82, 2.24) is 4.90 Å². The Labute approximate surface area is 122 Å². The zero-order chi connectivity index (χ0) is 14.0. The fraction of sp³-hybridized carbons (Fsp3) is 0.467. The van der Waals surface area contributed by atoms with Gasteiger partial charge in [0.25, 0.3) is 5.91 Å². The van der Waals surface area contributed by atoms with Crippen LogP contribution in [0.4, 0.5) is 0 Å². The predicted octanol–water partition coefficient (Wildman–Crippen LogP) is 3.55. The molecule has 0 spiro atoms. The SMILES string of the molecule is CCCC1CC(=O)N(C(=O)c2cccc(C)c2Br)C1. The monoisotopic (exact) mass is 323 g/mol. The smallest absolute Gasteiger partial charge is 0.261 e. The van der Waals surface area contributed by atoms with Gasteiger partial charge < -0.3 is 0 Å². The predicted molar refractivity (Wildman–Crippen MR) is 77.9 cm³/mol. The summed E-state index contributed by atoms with van der Waals surface area (Å²) in [4.78, 5) is 25.8.